The lowest BCUT2D eigenvalue weighted by molar-refractivity contribution is -0.265. The van der Waals surface area contributed by atoms with Gasteiger partial charge >= 0.3 is 6.18 Å². The molecule has 0 radical (unpaired) electrons. The Morgan fingerprint density at radius 2 is 1.95 bits per heavy atom. The van der Waals surface area contributed by atoms with Crippen molar-refractivity contribution in [2.45, 2.75) is 43.0 Å². The molecule has 0 saturated heterocycles. The first-order valence-electron chi connectivity index (χ1n) is 13.6. The first-order chi connectivity index (χ1) is 20.8. The van der Waals surface area contributed by atoms with Gasteiger partial charge in [-0.2, -0.15) is 18.3 Å². The summed E-state index contributed by atoms with van der Waals surface area (Å²) in [4.78, 5) is 29.6. The summed E-state index contributed by atoms with van der Waals surface area (Å²) >= 11 is 0. The van der Waals surface area contributed by atoms with Crippen LogP contribution >= 0.6 is 0 Å². The molecule has 6 rings (SSSR count). The van der Waals surface area contributed by atoms with E-state index < -0.39 is 47.1 Å². The second kappa shape index (κ2) is 10.2. The second-order valence-corrected chi connectivity index (χ2v) is 11.2. The molecule has 44 heavy (non-hydrogen) atoms. The molecule has 2 aromatic heterocycles. The van der Waals surface area contributed by atoms with Gasteiger partial charge in [-0.05, 0) is 50.1 Å². The predicted molar refractivity (Wildman–Crippen MR) is 149 cm³/mol. The Bertz CT molecular complexity index is 1820. The third-order valence-corrected chi connectivity index (χ3v) is 8.14. The van der Waals surface area contributed by atoms with E-state index in [1.54, 1.807) is 10.9 Å². The molecule has 230 valence electrons. The maximum atomic E-state index is 14.9. The van der Waals surface area contributed by atoms with E-state index in [4.69, 9.17) is 15.2 Å². The smallest absolute Gasteiger partial charge is 0.424 e. The number of pyridine rings is 1. The van der Waals surface area contributed by atoms with Gasteiger partial charge in [-0.1, -0.05) is 12.1 Å². The highest BCUT2D eigenvalue weighted by atomic mass is 19.4. The van der Waals surface area contributed by atoms with E-state index in [2.05, 4.69) is 15.4 Å². The van der Waals surface area contributed by atoms with Gasteiger partial charge in [-0.25, -0.2) is 9.37 Å². The van der Waals surface area contributed by atoms with E-state index in [9.17, 15) is 32.3 Å². The number of halogens is 4. The zero-order valence-electron chi connectivity index (χ0n) is 23.5. The number of aromatic nitrogens is 3. The summed E-state index contributed by atoms with van der Waals surface area (Å²) < 4.78 is 71.7. The molecule has 14 heteroatoms. The number of primary amides is 1. The van der Waals surface area contributed by atoms with Gasteiger partial charge in [0.05, 0.1) is 25.4 Å². The minimum absolute atomic E-state index is 0.0297. The SMILES string of the molecule is COc1cc(C(=O)NC[C@](O)(c2cc3c(c(-c4ccccc4F)n2)OC[C@]3(C)C(N)=O)C(F)(F)F)cc2cn(C3CC3)nc12. The molecule has 1 fully saturated rings. The molecule has 0 spiro atoms. The molecular weight excluding hydrogens is 586 g/mol. The molecule has 2 amide bonds. The van der Waals surface area contributed by atoms with Crippen LogP contribution in [0.4, 0.5) is 17.6 Å². The van der Waals surface area contributed by atoms with Gasteiger partial charge in [-0.15, -0.1) is 0 Å². The fourth-order valence-electron chi connectivity index (χ4n) is 5.22. The van der Waals surface area contributed by atoms with Crippen LogP contribution in [0.5, 0.6) is 11.5 Å². The fraction of sp³-hybridized carbons (Fsp3) is 0.333. The Kier molecular flexibility index (Phi) is 6.79. The van der Waals surface area contributed by atoms with Gasteiger partial charge < -0.3 is 25.6 Å². The number of amides is 2. The highest BCUT2D eigenvalue weighted by Gasteiger charge is 2.57. The zero-order chi connectivity index (χ0) is 31.6. The molecular formula is C30H27F4N5O5. The van der Waals surface area contributed by atoms with E-state index in [1.165, 1.54) is 44.4 Å². The minimum Gasteiger partial charge on any atom is -0.494 e. The average Bonchev–Trinajstić information content (AvgIpc) is 3.65. The number of carbonyl (C=O) groups excluding carboxylic acids is 2. The molecule has 1 aliphatic heterocycles. The highest BCUT2D eigenvalue weighted by Crippen LogP contribution is 2.48. The number of carbonyl (C=O) groups is 2. The number of aliphatic hydroxyl groups is 1. The van der Waals surface area contributed by atoms with Crippen LogP contribution in [0.1, 0.15) is 47.4 Å². The summed E-state index contributed by atoms with van der Waals surface area (Å²) in [6.07, 6.45) is -1.74. The van der Waals surface area contributed by atoms with Crippen LogP contribution in [0.25, 0.3) is 22.2 Å². The van der Waals surface area contributed by atoms with Crippen LogP contribution in [-0.2, 0) is 15.8 Å². The lowest BCUT2D eigenvalue weighted by atomic mass is 9.81. The third kappa shape index (κ3) is 4.69. The number of nitrogens with one attached hydrogen (secondary N) is 1. The van der Waals surface area contributed by atoms with E-state index in [0.717, 1.165) is 25.0 Å². The Balaban J connectivity index is 1.41. The Hall–Kier alpha value is -4.72. The maximum absolute atomic E-state index is 14.9. The van der Waals surface area contributed by atoms with Gasteiger partial charge in [0.2, 0.25) is 11.5 Å². The van der Waals surface area contributed by atoms with Crippen LogP contribution in [0.2, 0.25) is 0 Å². The van der Waals surface area contributed by atoms with Gasteiger partial charge in [0.25, 0.3) is 5.91 Å². The number of methoxy groups -OCH3 is 1. The van der Waals surface area contributed by atoms with Crippen LogP contribution in [0.3, 0.4) is 0 Å². The molecule has 3 heterocycles. The monoisotopic (exact) mass is 613 g/mol. The normalized spacial score (nSPS) is 19.2. The van der Waals surface area contributed by atoms with Crippen molar-refractivity contribution in [2.24, 2.45) is 5.73 Å². The molecule has 1 saturated carbocycles. The number of nitrogens with two attached hydrogens (primary N) is 1. The van der Waals surface area contributed by atoms with Crippen LogP contribution in [-0.4, -0.2) is 58.1 Å². The molecule has 4 N–H and O–H groups in total. The van der Waals surface area contributed by atoms with E-state index >= 15 is 0 Å². The number of rotatable bonds is 8. The van der Waals surface area contributed by atoms with Crippen LogP contribution in [0.15, 0.2) is 48.7 Å². The standard InChI is InChI=1S/C30H27F4N5O5/c1-28(27(35)41)14-44-25-19(28)11-22(37-24(25)18-5-3-4-6-20(18)31)29(42,30(32,33)34)13-36-26(40)15-9-16-12-39(17-7-8-17)38-23(16)21(10-15)43-2/h3-6,9-12,17,42H,7-8,13-14H2,1-2H3,(H2,35,41)(H,36,40)/t28-,29-/m0/s1. The number of nitrogens with zero attached hydrogens (tertiary/aromatic N) is 3. The summed E-state index contributed by atoms with van der Waals surface area (Å²) in [5.41, 5.74) is -1.02. The third-order valence-electron chi connectivity index (χ3n) is 8.14. The summed E-state index contributed by atoms with van der Waals surface area (Å²) in [6.45, 7) is -0.347. The fourth-order valence-corrected chi connectivity index (χ4v) is 5.22. The molecule has 2 aromatic carbocycles. The summed E-state index contributed by atoms with van der Waals surface area (Å²) in [6, 6.07) is 9.07. The number of ether oxygens (including phenoxy) is 2. The van der Waals surface area contributed by atoms with Crippen molar-refractivity contribution in [1.82, 2.24) is 20.1 Å². The highest BCUT2D eigenvalue weighted by molar-refractivity contribution is 6.00. The number of fused-ring (bicyclic) bond motifs is 2. The molecule has 0 unspecified atom stereocenters. The number of hydrogen-bond donors (Lipinski definition) is 3. The van der Waals surface area contributed by atoms with Crippen molar-refractivity contribution in [3.8, 4) is 22.8 Å². The van der Waals surface area contributed by atoms with E-state index in [0.29, 0.717) is 10.9 Å². The molecule has 4 aromatic rings. The number of hydrogen-bond acceptors (Lipinski definition) is 7. The zero-order valence-corrected chi connectivity index (χ0v) is 23.5. The maximum Gasteiger partial charge on any atom is 0.424 e. The van der Waals surface area contributed by atoms with Crippen molar-refractivity contribution in [3.05, 3.63) is 71.3 Å². The molecule has 0 bridgehead atoms. The van der Waals surface area contributed by atoms with Crippen LogP contribution < -0.4 is 20.5 Å². The van der Waals surface area contributed by atoms with Gasteiger partial charge in [-0.3, -0.25) is 14.3 Å². The summed E-state index contributed by atoms with van der Waals surface area (Å²) in [5, 5.41) is 18.4. The Morgan fingerprint density at radius 1 is 1.23 bits per heavy atom. The lowest BCUT2D eigenvalue weighted by Crippen LogP contribution is -2.51. The lowest BCUT2D eigenvalue weighted by Gasteiger charge is -2.31. The number of alkyl halides is 3. The minimum atomic E-state index is -5.39. The first kappa shape index (κ1) is 29.4. The van der Waals surface area contributed by atoms with Crippen molar-refractivity contribution < 1.29 is 41.7 Å². The first-order valence-corrected chi connectivity index (χ1v) is 13.6. The van der Waals surface area contributed by atoms with Gasteiger partial charge in [0.15, 0.2) is 0 Å². The predicted octanol–water partition coefficient (Wildman–Crippen LogP) is 3.90. The van der Waals surface area contributed by atoms with Crippen molar-refractivity contribution in [1.29, 1.82) is 0 Å². The largest absolute Gasteiger partial charge is 0.494 e. The average molecular weight is 614 g/mol. The quantitative estimate of drug-likeness (QED) is 0.256. The van der Waals surface area contributed by atoms with Crippen molar-refractivity contribution >= 4 is 22.7 Å². The topological polar surface area (TPSA) is 142 Å². The van der Waals surface area contributed by atoms with Crippen molar-refractivity contribution in [3.63, 3.8) is 0 Å². The molecule has 1 aliphatic carbocycles. The summed E-state index contributed by atoms with van der Waals surface area (Å²) in [7, 11) is 1.38. The van der Waals surface area contributed by atoms with Gasteiger partial charge in [0.1, 0.15) is 40.5 Å². The second-order valence-electron chi connectivity index (χ2n) is 11.2. The summed E-state index contributed by atoms with van der Waals surface area (Å²) in [5.74, 6) is -2.56. The Labute approximate surface area is 247 Å². The van der Waals surface area contributed by atoms with Gasteiger partial charge in [0, 0.05) is 28.3 Å². The number of benzene rings is 2. The molecule has 2 atom stereocenters. The molecule has 2 aliphatic rings. The Morgan fingerprint density at radius 3 is 2.59 bits per heavy atom. The molecule has 10 nitrogen and oxygen atoms in total. The van der Waals surface area contributed by atoms with Crippen LogP contribution in [0, 0.1) is 5.82 Å². The van der Waals surface area contributed by atoms with Crippen molar-refractivity contribution in [2.75, 3.05) is 20.3 Å². The van der Waals surface area contributed by atoms with E-state index in [-0.39, 0.29) is 46.5 Å². The van der Waals surface area contributed by atoms with E-state index in [1.807, 2.05) is 0 Å².